The average molecular weight is 278 g/mol. The minimum Gasteiger partial charge on any atom is -0.383 e. The highest BCUT2D eigenvalue weighted by Gasteiger charge is 2.24. The van der Waals surface area contributed by atoms with Gasteiger partial charge in [-0.25, -0.2) is 4.98 Å². The summed E-state index contributed by atoms with van der Waals surface area (Å²) in [6, 6.07) is 4.67. The van der Waals surface area contributed by atoms with Gasteiger partial charge in [0.2, 0.25) is 0 Å². The third-order valence-corrected chi connectivity index (χ3v) is 3.77. The highest BCUT2D eigenvalue weighted by Crippen LogP contribution is 2.21. The molecule has 1 saturated heterocycles. The largest absolute Gasteiger partial charge is 0.383 e. The van der Waals surface area contributed by atoms with Crippen LogP contribution in [0.1, 0.15) is 12.5 Å². The molecule has 0 aromatic carbocycles. The van der Waals surface area contributed by atoms with Gasteiger partial charge in [0.15, 0.2) is 0 Å². The van der Waals surface area contributed by atoms with E-state index in [2.05, 4.69) is 40.1 Å². The predicted molar refractivity (Wildman–Crippen MR) is 82.1 cm³/mol. The molecule has 0 radical (unpaired) electrons. The molecule has 1 aliphatic rings. The molecule has 1 N–H and O–H groups in total. The van der Waals surface area contributed by atoms with Crippen LogP contribution in [-0.2, 0) is 11.3 Å². The number of methoxy groups -OCH3 is 1. The summed E-state index contributed by atoms with van der Waals surface area (Å²) in [5.74, 6) is 1.12. The lowest BCUT2D eigenvalue weighted by Gasteiger charge is -2.39. The normalized spacial score (nSPS) is 20.4. The number of pyridine rings is 1. The highest BCUT2D eigenvalue weighted by molar-refractivity contribution is 5.48. The SMILES string of the molecule is COCCNCc1cccnc1N1CCN(C)CC1C. The smallest absolute Gasteiger partial charge is 0.133 e. The molecule has 1 aromatic rings. The lowest BCUT2D eigenvalue weighted by Crippen LogP contribution is -2.51. The number of piperazine rings is 1. The van der Waals surface area contributed by atoms with E-state index in [0.717, 1.165) is 45.1 Å². The fourth-order valence-electron chi connectivity index (χ4n) is 2.68. The van der Waals surface area contributed by atoms with Crippen molar-refractivity contribution in [2.24, 2.45) is 0 Å². The van der Waals surface area contributed by atoms with Crippen LogP contribution in [0.4, 0.5) is 5.82 Å². The Morgan fingerprint density at radius 2 is 2.30 bits per heavy atom. The van der Waals surface area contributed by atoms with Gasteiger partial charge in [0.1, 0.15) is 5.82 Å². The van der Waals surface area contributed by atoms with E-state index in [1.165, 1.54) is 5.56 Å². The Morgan fingerprint density at radius 3 is 3.05 bits per heavy atom. The molecule has 2 heterocycles. The fraction of sp³-hybridized carbons (Fsp3) is 0.667. The number of nitrogens with one attached hydrogen (secondary N) is 1. The molecule has 0 amide bonds. The quantitative estimate of drug-likeness (QED) is 0.785. The van der Waals surface area contributed by atoms with Gasteiger partial charge < -0.3 is 19.9 Å². The molecule has 20 heavy (non-hydrogen) atoms. The number of rotatable bonds is 6. The van der Waals surface area contributed by atoms with Gasteiger partial charge >= 0.3 is 0 Å². The van der Waals surface area contributed by atoms with Crippen LogP contribution in [0.15, 0.2) is 18.3 Å². The second kappa shape index (κ2) is 7.57. The molecule has 0 spiro atoms. The standard InChI is InChI=1S/C15H26N4O/c1-13-12-18(2)8-9-19(13)15-14(5-4-6-17-15)11-16-7-10-20-3/h4-6,13,16H,7-12H2,1-3H3. The molecule has 5 nitrogen and oxygen atoms in total. The van der Waals surface area contributed by atoms with Gasteiger partial charge in [0.05, 0.1) is 6.61 Å². The summed E-state index contributed by atoms with van der Waals surface area (Å²) in [6.45, 7) is 7.94. The lowest BCUT2D eigenvalue weighted by molar-refractivity contribution is 0.199. The Morgan fingerprint density at radius 1 is 1.45 bits per heavy atom. The summed E-state index contributed by atoms with van der Waals surface area (Å²) >= 11 is 0. The van der Waals surface area contributed by atoms with Crippen molar-refractivity contribution in [3.05, 3.63) is 23.9 Å². The van der Waals surface area contributed by atoms with Crippen LogP contribution in [0.5, 0.6) is 0 Å². The monoisotopic (exact) mass is 278 g/mol. The Kier molecular flexibility index (Phi) is 5.76. The number of nitrogens with zero attached hydrogens (tertiary/aromatic N) is 3. The molecular weight excluding hydrogens is 252 g/mol. The summed E-state index contributed by atoms with van der Waals surface area (Å²) in [4.78, 5) is 9.41. The van der Waals surface area contributed by atoms with Crippen LogP contribution < -0.4 is 10.2 Å². The van der Waals surface area contributed by atoms with Gasteiger partial charge in [-0.2, -0.15) is 0 Å². The third kappa shape index (κ3) is 3.91. The maximum atomic E-state index is 5.06. The zero-order chi connectivity index (χ0) is 14.4. The van der Waals surface area contributed by atoms with E-state index in [1.54, 1.807) is 7.11 Å². The lowest BCUT2D eigenvalue weighted by atomic mass is 10.1. The average Bonchev–Trinajstić information content (AvgIpc) is 2.44. The number of aromatic nitrogens is 1. The van der Waals surface area contributed by atoms with Crippen molar-refractivity contribution in [3.63, 3.8) is 0 Å². The van der Waals surface area contributed by atoms with Crippen LogP contribution in [0.25, 0.3) is 0 Å². The molecule has 112 valence electrons. The van der Waals surface area contributed by atoms with Crippen molar-refractivity contribution in [2.45, 2.75) is 19.5 Å². The van der Waals surface area contributed by atoms with E-state index in [1.807, 2.05) is 12.3 Å². The number of hydrogen-bond acceptors (Lipinski definition) is 5. The van der Waals surface area contributed by atoms with Crippen LogP contribution in [0.2, 0.25) is 0 Å². The first kappa shape index (κ1) is 15.2. The number of likely N-dealkylation sites (N-methyl/N-ethyl adjacent to an activating group) is 1. The molecule has 0 bridgehead atoms. The summed E-state index contributed by atoms with van der Waals surface area (Å²) in [5.41, 5.74) is 1.26. The second-order valence-corrected chi connectivity index (χ2v) is 5.46. The van der Waals surface area contributed by atoms with Gasteiger partial charge in [-0.15, -0.1) is 0 Å². The first-order valence-corrected chi connectivity index (χ1v) is 7.31. The van der Waals surface area contributed by atoms with Crippen molar-refractivity contribution >= 4 is 5.82 Å². The van der Waals surface area contributed by atoms with E-state index in [0.29, 0.717) is 6.04 Å². The van der Waals surface area contributed by atoms with E-state index < -0.39 is 0 Å². The van der Waals surface area contributed by atoms with Crippen molar-refractivity contribution in [1.29, 1.82) is 0 Å². The summed E-state index contributed by atoms with van der Waals surface area (Å²) < 4.78 is 5.06. The van der Waals surface area contributed by atoms with Crippen molar-refractivity contribution in [2.75, 3.05) is 51.8 Å². The van der Waals surface area contributed by atoms with Crippen LogP contribution in [-0.4, -0.2) is 62.9 Å². The minimum absolute atomic E-state index is 0.501. The van der Waals surface area contributed by atoms with Crippen LogP contribution in [0.3, 0.4) is 0 Å². The van der Waals surface area contributed by atoms with Gasteiger partial charge in [-0.3, -0.25) is 0 Å². The van der Waals surface area contributed by atoms with E-state index in [9.17, 15) is 0 Å². The Balaban J connectivity index is 2.03. The summed E-state index contributed by atoms with van der Waals surface area (Å²) in [6.07, 6.45) is 1.89. The molecule has 5 heteroatoms. The first-order valence-electron chi connectivity index (χ1n) is 7.31. The van der Waals surface area contributed by atoms with Crippen molar-refractivity contribution in [3.8, 4) is 0 Å². The molecule has 1 atom stereocenters. The third-order valence-electron chi connectivity index (χ3n) is 3.77. The molecule has 1 unspecified atom stereocenters. The predicted octanol–water partition coefficient (Wildman–Crippen LogP) is 0.958. The molecule has 0 aliphatic carbocycles. The summed E-state index contributed by atoms with van der Waals surface area (Å²) in [5, 5.41) is 3.40. The molecule has 1 fully saturated rings. The minimum atomic E-state index is 0.501. The molecule has 0 saturated carbocycles. The van der Waals surface area contributed by atoms with Crippen molar-refractivity contribution < 1.29 is 4.74 Å². The topological polar surface area (TPSA) is 40.6 Å². The van der Waals surface area contributed by atoms with Gasteiger partial charge in [0, 0.05) is 57.6 Å². The number of anilines is 1. The Bertz CT molecular complexity index is 413. The second-order valence-electron chi connectivity index (χ2n) is 5.46. The van der Waals surface area contributed by atoms with Gasteiger partial charge in [0.25, 0.3) is 0 Å². The number of ether oxygens (including phenoxy) is 1. The van der Waals surface area contributed by atoms with Gasteiger partial charge in [-0.1, -0.05) is 6.07 Å². The Labute approximate surface area is 121 Å². The highest BCUT2D eigenvalue weighted by atomic mass is 16.5. The zero-order valence-corrected chi connectivity index (χ0v) is 12.8. The number of hydrogen-bond donors (Lipinski definition) is 1. The Hall–Kier alpha value is -1.17. The van der Waals surface area contributed by atoms with E-state index >= 15 is 0 Å². The first-order chi connectivity index (χ1) is 9.72. The molecule has 1 aliphatic heterocycles. The molecule has 2 rings (SSSR count). The van der Waals surface area contributed by atoms with E-state index in [4.69, 9.17) is 4.74 Å². The maximum absolute atomic E-state index is 5.06. The van der Waals surface area contributed by atoms with E-state index in [-0.39, 0.29) is 0 Å². The zero-order valence-electron chi connectivity index (χ0n) is 12.8. The maximum Gasteiger partial charge on any atom is 0.133 e. The fourth-order valence-corrected chi connectivity index (χ4v) is 2.68. The molecular formula is C15H26N4O. The van der Waals surface area contributed by atoms with Gasteiger partial charge in [-0.05, 0) is 20.0 Å². The summed E-state index contributed by atoms with van der Waals surface area (Å²) in [7, 11) is 3.91. The van der Waals surface area contributed by atoms with Crippen LogP contribution in [0, 0.1) is 0 Å². The van der Waals surface area contributed by atoms with Crippen molar-refractivity contribution in [1.82, 2.24) is 15.2 Å². The molecule has 1 aromatic heterocycles. The van der Waals surface area contributed by atoms with Crippen LogP contribution >= 0.6 is 0 Å².